The second-order valence-electron chi connectivity index (χ2n) is 3.62. The van der Waals surface area contributed by atoms with Gasteiger partial charge in [-0.15, -0.1) is 0 Å². The lowest BCUT2D eigenvalue weighted by Crippen LogP contribution is -2.20. The van der Waals surface area contributed by atoms with E-state index in [-0.39, 0.29) is 0 Å². The fourth-order valence-electron chi connectivity index (χ4n) is 1.24. The Morgan fingerprint density at radius 2 is 1.93 bits per heavy atom. The molecule has 3 heteroatoms. The lowest BCUT2D eigenvalue weighted by molar-refractivity contribution is -0.151. The molecule has 1 N–H and O–H groups in total. The van der Waals surface area contributed by atoms with Crippen molar-refractivity contribution in [2.45, 2.75) is 51.6 Å². The Kier molecular flexibility index (Phi) is 9.18. The number of esters is 1. The largest absolute Gasteiger partial charge is 0.464 e. The summed E-state index contributed by atoms with van der Waals surface area (Å²) in [6.07, 6.45) is 6.90. The maximum absolute atomic E-state index is 11.0. The van der Waals surface area contributed by atoms with E-state index in [4.69, 9.17) is 9.84 Å². The topological polar surface area (TPSA) is 46.5 Å². The first-order chi connectivity index (χ1) is 7.22. The van der Waals surface area contributed by atoms with Crippen LogP contribution in [0.15, 0.2) is 12.7 Å². The zero-order chi connectivity index (χ0) is 11.5. The van der Waals surface area contributed by atoms with E-state index in [0.717, 1.165) is 12.8 Å². The SMILES string of the molecule is C=CC(O)C(=O)OCCCCCCCC. The van der Waals surface area contributed by atoms with E-state index in [1.54, 1.807) is 0 Å². The fraction of sp³-hybridized carbons (Fsp3) is 0.750. The molecule has 0 bridgehead atoms. The standard InChI is InChI=1S/C12H22O3/c1-3-5-6-7-8-9-10-15-12(14)11(13)4-2/h4,11,13H,2-3,5-10H2,1H3. The first kappa shape index (κ1) is 14.2. The molecular weight excluding hydrogens is 192 g/mol. The van der Waals surface area contributed by atoms with Gasteiger partial charge in [0.15, 0.2) is 6.10 Å². The molecule has 0 aliphatic heterocycles. The monoisotopic (exact) mass is 214 g/mol. The van der Waals surface area contributed by atoms with E-state index >= 15 is 0 Å². The minimum absolute atomic E-state index is 0.399. The molecule has 0 radical (unpaired) electrons. The quantitative estimate of drug-likeness (QED) is 0.364. The lowest BCUT2D eigenvalue weighted by Gasteiger charge is -2.06. The van der Waals surface area contributed by atoms with E-state index in [1.807, 2.05) is 0 Å². The summed E-state index contributed by atoms with van der Waals surface area (Å²) in [5.74, 6) is -0.599. The number of hydrogen-bond acceptors (Lipinski definition) is 3. The predicted molar refractivity (Wildman–Crippen MR) is 60.5 cm³/mol. The van der Waals surface area contributed by atoms with Gasteiger partial charge in [0.05, 0.1) is 6.61 Å². The van der Waals surface area contributed by atoms with Crippen LogP contribution in [0.1, 0.15) is 45.4 Å². The predicted octanol–water partition coefficient (Wildman–Crippen LogP) is 2.44. The molecular formula is C12H22O3. The van der Waals surface area contributed by atoms with Crippen LogP contribution in [0.3, 0.4) is 0 Å². The Morgan fingerprint density at radius 1 is 1.33 bits per heavy atom. The molecule has 0 amide bonds. The van der Waals surface area contributed by atoms with Gasteiger partial charge < -0.3 is 9.84 Å². The zero-order valence-electron chi connectivity index (χ0n) is 9.58. The molecule has 1 atom stereocenters. The first-order valence-electron chi connectivity index (χ1n) is 5.69. The van der Waals surface area contributed by atoms with Crippen molar-refractivity contribution in [1.29, 1.82) is 0 Å². The van der Waals surface area contributed by atoms with Crippen molar-refractivity contribution in [3.05, 3.63) is 12.7 Å². The molecule has 0 saturated carbocycles. The maximum atomic E-state index is 11.0. The second kappa shape index (κ2) is 9.71. The van der Waals surface area contributed by atoms with Crippen molar-refractivity contribution in [3.8, 4) is 0 Å². The highest BCUT2D eigenvalue weighted by Crippen LogP contribution is 2.05. The molecule has 0 heterocycles. The normalized spacial score (nSPS) is 12.1. The van der Waals surface area contributed by atoms with Crippen molar-refractivity contribution < 1.29 is 14.6 Å². The van der Waals surface area contributed by atoms with E-state index in [0.29, 0.717) is 6.61 Å². The van der Waals surface area contributed by atoms with Crippen molar-refractivity contribution in [2.75, 3.05) is 6.61 Å². The average molecular weight is 214 g/mol. The highest BCUT2D eigenvalue weighted by Gasteiger charge is 2.10. The minimum atomic E-state index is -1.18. The fourth-order valence-corrected chi connectivity index (χ4v) is 1.24. The molecule has 0 rings (SSSR count). The van der Waals surface area contributed by atoms with Gasteiger partial charge in [-0.25, -0.2) is 4.79 Å². The van der Waals surface area contributed by atoms with Gasteiger partial charge in [-0.05, 0) is 6.42 Å². The van der Waals surface area contributed by atoms with Gasteiger partial charge in [0.2, 0.25) is 0 Å². The summed E-state index contributed by atoms with van der Waals surface area (Å²) < 4.78 is 4.84. The van der Waals surface area contributed by atoms with Gasteiger partial charge in [0.25, 0.3) is 0 Å². The highest BCUT2D eigenvalue weighted by molar-refractivity contribution is 5.76. The van der Waals surface area contributed by atoms with Crippen LogP contribution in [0.5, 0.6) is 0 Å². The summed E-state index contributed by atoms with van der Waals surface area (Å²) in [5, 5.41) is 9.01. The number of unbranched alkanes of at least 4 members (excludes halogenated alkanes) is 5. The van der Waals surface area contributed by atoms with Gasteiger partial charge in [-0.1, -0.05) is 51.7 Å². The number of carbonyl (C=O) groups is 1. The van der Waals surface area contributed by atoms with E-state index < -0.39 is 12.1 Å². The molecule has 15 heavy (non-hydrogen) atoms. The smallest absolute Gasteiger partial charge is 0.338 e. The lowest BCUT2D eigenvalue weighted by atomic mass is 10.1. The van der Waals surface area contributed by atoms with Crippen molar-refractivity contribution in [1.82, 2.24) is 0 Å². The van der Waals surface area contributed by atoms with Crippen LogP contribution >= 0.6 is 0 Å². The number of ether oxygens (including phenoxy) is 1. The molecule has 1 unspecified atom stereocenters. The minimum Gasteiger partial charge on any atom is -0.464 e. The molecule has 3 nitrogen and oxygen atoms in total. The molecule has 0 aliphatic rings. The Balaban J connectivity index is 3.23. The first-order valence-corrected chi connectivity index (χ1v) is 5.69. The Labute approximate surface area is 92.1 Å². The summed E-state index contributed by atoms with van der Waals surface area (Å²) in [5.41, 5.74) is 0. The van der Waals surface area contributed by atoms with Crippen LogP contribution < -0.4 is 0 Å². The maximum Gasteiger partial charge on any atom is 0.338 e. The van der Waals surface area contributed by atoms with E-state index in [1.165, 1.54) is 31.8 Å². The Morgan fingerprint density at radius 3 is 2.53 bits per heavy atom. The highest BCUT2D eigenvalue weighted by atomic mass is 16.5. The van der Waals surface area contributed by atoms with Crippen LogP contribution in [0.2, 0.25) is 0 Å². The van der Waals surface area contributed by atoms with Gasteiger partial charge in [0.1, 0.15) is 0 Å². The summed E-state index contributed by atoms with van der Waals surface area (Å²) in [7, 11) is 0. The van der Waals surface area contributed by atoms with E-state index in [9.17, 15) is 4.79 Å². The Bertz CT molecular complexity index is 178. The number of hydrogen-bond donors (Lipinski definition) is 1. The van der Waals surface area contributed by atoms with Crippen molar-refractivity contribution in [2.24, 2.45) is 0 Å². The van der Waals surface area contributed by atoms with Crippen LogP contribution in [-0.2, 0) is 9.53 Å². The van der Waals surface area contributed by atoms with E-state index in [2.05, 4.69) is 13.5 Å². The zero-order valence-corrected chi connectivity index (χ0v) is 9.58. The van der Waals surface area contributed by atoms with Crippen molar-refractivity contribution in [3.63, 3.8) is 0 Å². The Hall–Kier alpha value is -0.830. The van der Waals surface area contributed by atoms with Gasteiger partial charge in [-0.3, -0.25) is 0 Å². The molecule has 88 valence electrons. The van der Waals surface area contributed by atoms with Gasteiger partial charge >= 0.3 is 5.97 Å². The molecule has 0 spiro atoms. The van der Waals surface area contributed by atoms with Crippen molar-refractivity contribution >= 4 is 5.97 Å². The van der Waals surface area contributed by atoms with Crippen LogP contribution in [0.25, 0.3) is 0 Å². The van der Waals surface area contributed by atoms with Crippen LogP contribution in [0.4, 0.5) is 0 Å². The second-order valence-corrected chi connectivity index (χ2v) is 3.62. The summed E-state index contributed by atoms with van der Waals surface area (Å²) in [6, 6.07) is 0. The molecule has 0 aromatic rings. The number of aliphatic hydroxyl groups excluding tert-OH is 1. The number of aliphatic hydroxyl groups is 1. The van der Waals surface area contributed by atoms with Crippen LogP contribution in [0, 0.1) is 0 Å². The molecule has 0 aromatic carbocycles. The number of carbonyl (C=O) groups excluding carboxylic acids is 1. The van der Waals surface area contributed by atoms with Gasteiger partial charge in [0, 0.05) is 0 Å². The third kappa shape index (κ3) is 8.18. The molecule has 0 aliphatic carbocycles. The van der Waals surface area contributed by atoms with Gasteiger partial charge in [-0.2, -0.15) is 0 Å². The third-order valence-corrected chi connectivity index (χ3v) is 2.21. The molecule has 0 aromatic heterocycles. The summed E-state index contributed by atoms with van der Waals surface area (Å²) >= 11 is 0. The number of rotatable bonds is 9. The third-order valence-electron chi connectivity index (χ3n) is 2.21. The average Bonchev–Trinajstić information content (AvgIpc) is 2.26. The summed E-state index contributed by atoms with van der Waals surface area (Å²) in [4.78, 5) is 11.0. The summed E-state index contributed by atoms with van der Waals surface area (Å²) in [6.45, 7) is 5.89. The molecule has 0 saturated heterocycles. The van der Waals surface area contributed by atoms with Crippen LogP contribution in [-0.4, -0.2) is 23.8 Å². The molecule has 0 fully saturated rings.